The van der Waals surface area contributed by atoms with Crippen LogP contribution in [0.15, 0.2) is 42.6 Å². The van der Waals surface area contributed by atoms with Crippen LogP contribution in [0.2, 0.25) is 0 Å². The summed E-state index contributed by atoms with van der Waals surface area (Å²) < 4.78 is 5.32. The fourth-order valence-corrected chi connectivity index (χ4v) is 1.57. The molecule has 17 heavy (non-hydrogen) atoms. The summed E-state index contributed by atoms with van der Waals surface area (Å²) in [6, 6.07) is 11.1. The maximum absolute atomic E-state index is 10.7. The third kappa shape index (κ3) is 2.69. The molecule has 0 atom stereocenters. The number of carbonyl (C=O) groups is 1. The third-order valence-corrected chi connectivity index (χ3v) is 2.37. The maximum atomic E-state index is 10.7. The van der Waals surface area contributed by atoms with Crippen molar-refractivity contribution in [2.24, 2.45) is 0 Å². The average molecular weight is 227 g/mol. The molecule has 3 nitrogen and oxygen atoms in total. The standard InChI is InChI=1S/C14H13NO2/c1-2-17-13-6-7-14(15-9-13)12-5-3-4-11(8-12)10-16/h3-10H,2H2,1H3. The number of aromatic nitrogens is 1. The van der Waals surface area contributed by atoms with Crippen molar-refractivity contribution >= 4 is 6.29 Å². The minimum Gasteiger partial charge on any atom is -0.492 e. The van der Waals surface area contributed by atoms with Gasteiger partial charge in [0.1, 0.15) is 12.0 Å². The van der Waals surface area contributed by atoms with Crippen LogP contribution in [0.3, 0.4) is 0 Å². The monoisotopic (exact) mass is 227 g/mol. The van der Waals surface area contributed by atoms with E-state index in [1.807, 2.05) is 37.3 Å². The SMILES string of the molecule is CCOc1ccc(-c2cccc(C=O)c2)nc1. The lowest BCUT2D eigenvalue weighted by atomic mass is 10.1. The molecule has 0 aliphatic carbocycles. The molecule has 2 rings (SSSR count). The second-order valence-corrected chi connectivity index (χ2v) is 3.56. The average Bonchev–Trinajstić information content (AvgIpc) is 2.40. The summed E-state index contributed by atoms with van der Waals surface area (Å²) in [5, 5.41) is 0. The predicted molar refractivity (Wildman–Crippen MR) is 66.2 cm³/mol. The first-order valence-electron chi connectivity index (χ1n) is 5.48. The zero-order valence-corrected chi connectivity index (χ0v) is 9.59. The van der Waals surface area contributed by atoms with Gasteiger partial charge in [0.25, 0.3) is 0 Å². The van der Waals surface area contributed by atoms with E-state index in [0.29, 0.717) is 12.2 Å². The van der Waals surface area contributed by atoms with Gasteiger partial charge >= 0.3 is 0 Å². The molecule has 0 fully saturated rings. The zero-order valence-electron chi connectivity index (χ0n) is 9.59. The Morgan fingerprint density at radius 2 is 2.18 bits per heavy atom. The first-order valence-corrected chi connectivity index (χ1v) is 5.48. The van der Waals surface area contributed by atoms with Gasteiger partial charge < -0.3 is 4.74 Å². The largest absolute Gasteiger partial charge is 0.492 e. The normalized spacial score (nSPS) is 9.94. The fourth-order valence-electron chi connectivity index (χ4n) is 1.57. The summed E-state index contributed by atoms with van der Waals surface area (Å²) in [7, 11) is 0. The molecule has 0 spiro atoms. The number of hydrogen-bond donors (Lipinski definition) is 0. The van der Waals surface area contributed by atoms with Gasteiger partial charge in [-0.3, -0.25) is 9.78 Å². The van der Waals surface area contributed by atoms with E-state index in [2.05, 4.69) is 4.98 Å². The number of pyridine rings is 1. The van der Waals surface area contributed by atoms with Gasteiger partial charge in [0, 0.05) is 11.1 Å². The van der Waals surface area contributed by atoms with E-state index in [0.717, 1.165) is 23.3 Å². The molecule has 2 aromatic rings. The number of benzene rings is 1. The van der Waals surface area contributed by atoms with Crippen molar-refractivity contribution in [2.45, 2.75) is 6.92 Å². The molecule has 0 aliphatic rings. The highest BCUT2D eigenvalue weighted by Gasteiger charge is 2.01. The van der Waals surface area contributed by atoms with Crippen molar-refractivity contribution < 1.29 is 9.53 Å². The Bertz CT molecular complexity index is 506. The number of carbonyl (C=O) groups excluding carboxylic acids is 1. The Morgan fingerprint density at radius 1 is 1.29 bits per heavy atom. The van der Waals surface area contributed by atoms with E-state index in [9.17, 15) is 4.79 Å². The molecule has 0 saturated carbocycles. The Labute approximate surface area is 100 Å². The topological polar surface area (TPSA) is 39.2 Å². The predicted octanol–water partition coefficient (Wildman–Crippen LogP) is 2.96. The molecule has 0 N–H and O–H groups in total. The minimum atomic E-state index is 0.627. The summed E-state index contributed by atoms with van der Waals surface area (Å²) in [6.45, 7) is 2.56. The Hall–Kier alpha value is -2.16. The highest BCUT2D eigenvalue weighted by Crippen LogP contribution is 2.20. The Kier molecular flexibility index (Phi) is 3.50. The van der Waals surface area contributed by atoms with E-state index in [-0.39, 0.29) is 0 Å². The van der Waals surface area contributed by atoms with Crippen LogP contribution < -0.4 is 4.74 Å². The van der Waals surface area contributed by atoms with Gasteiger partial charge in [0.15, 0.2) is 0 Å². The van der Waals surface area contributed by atoms with Crippen molar-refractivity contribution in [3.8, 4) is 17.0 Å². The third-order valence-electron chi connectivity index (χ3n) is 2.37. The first-order chi connectivity index (χ1) is 8.33. The number of nitrogens with zero attached hydrogens (tertiary/aromatic N) is 1. The van der Waals surface area contributed by atoms with Crippen LogP contribution in [0.25, 0.3) is 11.3 Å². The van der Waals surface area contributed by atoms with Gasteiger partial charge in [-0.2, -0.15) is 0 Å². The Balaban J connectivity index is 2.29. The molecule has 0 unspecified atom stereocenters. The van der Waals surface area contributed by atoms with E-state index >= 15 is 0 Å². The molecule has 3 heteroatoms. The van der Waals surface area contributed by atoms with Crippen molar-refractivity contribution in [3.63, 3.8) is 0 Å². The van der Waals surface area contributed by atoms with Crippen LogP contribution in [0, 0.1) is 0 Å². The van der Waals surface area contributed by atoms with Crippen molar-refractivity contribution in [1.82, 2.24) is 4.98 Å². The molecule has 1 aromatic heterocycles. The molecule has 0 bridgehead atoms. The molecule has 0 radical (unpaired) electrons. The van der Waals surface area contributed by atoms with Crippen LogP contribution in [0.5, 0.6) is 5.75 Å². The van der Waals surface area contributed by atoms with Gasteiger partial charge in [-0.1, -0.05) is 18.2 Å². The molecule has 1 aromatic carbocycles. The number of ether oxygens (including phenoxy) is 1. The van der Waals surface area contributed by atoms with Crippen LogP contribution in [-0.2, 0) is 0 Å². The van der Waals surface area contributed by atoms with E-state index in [1.165, 1.54) is 0 Å². The quantitative estimate of drug-likeness (QED) is 0.754. The highest BCUT2D eigenvalue weighted by molar-refractivity contribution is 5.78. The van der Waals surface area contributed by atoms with Gasteiger partial charge in [-0.15, -0.1) is 0 Å². The lowest BCUT2D eigenvalue weighted by Crippen LogP contribution is -1.92. The lowest BCUT2D eigenvalue weighted by Gasteiger charge is -2.04. The zero-order chi connectivity index (χ0) is 12.1. The second-order valence-electron chi connectivity index (χ2n) is 3.56. The Morgan fingerprint density at radius 3 is 2.82 bits per heavy atom. The summed E-state index contributed by atoms with van der Waals surface area (Å²) in [6.07, 6.45) is 2.52. The van der Waals surface area contributed by atoms with Crippen LogP contribution in [0.1, 0.15) is 17.3 Å². The van der Waals surface area contributed by atoms with Gasteiger partial charge in [0.2, 0.25) is 0 Å². The van der Waals surface area contributed by atoms with E-state index < -0.39 is 0 Å². The molecule has 0 amide bonds. The van der Waals surface area contributed by atoms with Crippen molar-refractivity contribution in [1.29, 1.82) is 0 Å². The van der Waals surface area contributed by atoms with Crippen LogP contribution in [0.4, 0.5) is 0 Å². The van der Waals surface area contributed by atoms with Crippen LogP contribution in [-0.4, -0.2) is 17.9 Å². The van der Waals surface area contributed by atoms with Gasteiger partial charge in [-0.05, 0) is 25.1 Å². The molecule has 0 saturated heterocycles. The summed E-state index contributed by atoms with van der Waals surface area (Å²) >= 11 is 0. The second kappa shape index (κ2) is 5.25. The molecular weight excluding hydrogens is 214 g/mol. The smallest absolute Gasteiger partial charge is 0.150 e. The summed E-state index contributed by atoms with van der Waals surface area (Å²) in [5.41, 5.74) is 2.41. The van der Waals surface area contributed by atoms with E-state index in [1.54, 1.807) is 12.3 Å². The number of aldehydes is 1. The maximum Gasteiger partial charge on any atom is 0.150 e. The van der Waals surface area contributed by atoms with E-state index in [4.69, 9.17) is 4.74 Å². The lowest BCUT2D eigenvalue weighted by molar-refractivity contribution is 0.112. The highest BCUT2D eigenvalue weighted by atomic mass is 16.5. The molecular formula is C14H13NO2. The molecule has 0 aliphatic heterocycles. The molecule has 1 heterocycles. The molecule has 86 valence electrons. The fraction of sp³-hybridized carbons (Fsp3) is 0.143. The van der Waals surface area contributed by atoms with Gasteiger partial charge in [0.05, 0.1) is 18.5 Å². The number of hydrogen-bond acceptors (Lipinski definition) is 3. The minimum absolute atomic E-state index is 0.627. The number of rotatable bonds is 4. The van der Waals surface area contributed by atoms with Crippen molar-refractivity contribution in [2.75, 3.05) is 6.61 Å². The summed E-state index contributed by atoms with van der Waals surface area (Å²) in [5.74, 6) is 0.753. The van der Waals surface area contributed by atoms with Crippen LogP contribution >= 0.6 is 0 Å². The van der Waals surface area contributed by atoms with Gasteiger partial charge in [-0.25, -0.2) is 0 Å². The first kappa shape index (κ1) is 11.3. The van der Waals surface area contributed by atoms with Crippen molar-refractivity contribution in [3.05, 3.63) is 48.2 Å². The summed E-state index contributed by atoms with van der Waals surface area (Å²) in [4.78, 5) is 15.0.